The summed E-state index contributed by atoms with van der Waals surface area (Å²) in [4.78, 5) is 29.2. The van der Waals surface area contributed by atoms with Crippen molar-refractivity contribution in [2.75, 3.05) is 5.32 Å². The molecular weight excluding hydrogens is 438 g/mol. The lowest BCUT2D eigenvalue weighted by Crippen LogP contribution is -2.23. The van der Waals surface area contributed by atoms with E-state index in [1.807, 2.05) is 67.8 Å². The molecule has 0 bridgehead atoms. The van der Waals surface area contributed by atoms with Crippen LogP contribution >= 0.6 is 34.7 Å². The van der Waals surface area contributed by atoms with Crippen molar-refractivity contribution in [1.82, 2.24) is 10.3 Å². The minimum absolute atomic E-state index is 0.0565. The first-order chi connectivity index (χ1) is 14.3. The lowest BCUT2D eigenvalue weighted by atomic mass is 10.1. The molecule has 0 aliphatic rings. The van der Waals surface area contributed by atoms with Crippen molar-refractivity contribution < 1.29 is 9.59 Å². The van der Waals surface area contributed by atoms with E-state index < -0.39 is 0 Å². The van der Waals surface area contributed by atoms with E-state index in [1.165, 1.54) is 30.0 Å². The second-order valence-corrected chi connectivity index (χ2v) is 9.41. The van der Waals surface area contributed by atoms with E-state index in [1.54, 1.807) is 0 Å². The van der Waals surface area contributed by atoms with Crippen LogP contribution < -0.4 is 10.6 Å². The van der Waals surface area contributed by atoms with Gasteiger partial charge in [0.1, 0.15) is 0 Å². The second kappa shape index (κ2) is 10.1. The van der Waals surface area contributed by atoms with Gasteiger partial charge in [-0.05, 0) is 31.5 Å². The Morgan fingerprint density at radius 3 is 2.47 bits per heavy atom. The quantitative estimate of drug-likeness (QED) is 0.439. The van der Waals surface area contributed by atoms with E-state index in [0.29, 0.717) is 10.2 Å². The third-order valence-corrected chi connectivity index (χ3v) is 6.75. The maximum atomic E-state index is 12.5. The monoisotopic (exact) mass is 459 g/mol. The smallest absolute Gasteiger partial charge is 0.239 e. The summed E-state index contributed by atoms with van der Waals surface area (Å²) >= 11 is 8.97. The molecule has 2 aromatic carbocycles. The molecule has 0 spiro atoms. The zero-order valence-electron chi connectivity index (χ0n) is 16.8. The highest BCUT2D eigenvalue weighted by molar-refractivity contribution is 8.00. The largest absolute Gasteiger partial charge is 0.350 e. The zero-order valence-corrected chi connectivity index (χ0v) is 19.2. The lowest BCUT2D eigenvalue weighted by Gasteiger charge is -2.13. The normalized spacial score (nSPS) is 12.8. The Morgan fingerprint density at radius 1 is 1.10 bits per heavy atom. The van der Waals surface area contributed by atoms with Gasteiger partial charge in [0.25, 0.3) is 0 Å². The number of rotatable bonds is 7. The minimum Gasteiger partial charge on any atom is -0.350 e. The molecule has 3 rings (SSSR count). The van der Waals surface area contributed by atoms with E-state index in [9.17, 15) is 9.59 Å². The number of aromatic nitrogens is 1. The van der Waals surface area contributed by atoms with E-state index in [4.69, 9.17) is 11.6 Å². The number of nitrogens with zero attached hydrogens (tertiary/aromatic N) is 1. The third-order valence-electron chi connectivity index (χ3n) is 4.37. The average Bonchev–Trinajstić information content (AvgIpc) is 3.17. The van der Waals surface area contributed by atoms with Crippen LogP contribution in [0.2, 0.25) is 5.02 Å². The number of benzene rings is 2. The number of halogens is 1. The van der Waals surface area contributed by atoms with Gasteiger partial charge < -0.3 is 10.6 Å². The highest BCUT2D eigenvalue weighted by Crippen LogP contribution is 2.31. The molecule has 0 aliphatic carbocycles. The van der Waals surface area contributed by atoms with E-state index in [0.717, 1.165) is 21.7 Å². The Bertz CT molecular complexity index is 1040. The van der Waals surface area contributed by atoms with Crippen LogP contribution in [-0.2, 0) is 9.59 Å². The average molecular weight is 460 g/mol. The first kappa shape index (κ1) is 22.3. The first-order valence-electron chi connectivity index (χ1n) is 9.38. The van der Waals surface area contributed by atoms with Gasteiger partial charge in [0.2, 0.25) is 11.8 Å². The Kier molecular flexibility index (Phi) is 7.53. The molecule has 0 aliphatic heterocycles. The van der Waals surface area contributed by atoms with Gasteiger partial charge in [0.05, 0.1) is 22.0 Å². The number of carbonyl (C=O) groups is 2. The molecule has 8 heteroatoms. The van der Waals surface area contributed by atoms with Crippen molar-refractivity contribution in [3.8, 4) is 11.3 Å². The Morgan fingerprint density at radius 2 is 1.80 bits per heavy atom. The molecule has 3 aromatic rings. The highest BCUT2D eigenvalue weighted by Gasteiger charge is 2.17. The van der Waals surface area contributed by atoms with Crippen molar-refractivity contribution in [1.29, 1.82) is 0 Å². The summed E-state index contributed by atoms with van der Waals surface area (Å²) in [6, 6.07) is 15.3. The molecule has 30 heavy (non-hydrogen) atoms. The van der Waals surface area contributed by atoms with Crippen molar-refractivity contribution in [2.45, 2.75) is 37.0 Å². The Hall–Kier alpha value is -2.35. The molecule has 1 heterocycles. The molecule has 2 atom stereocenters. The van der Waals surface area contributed by atoms with E-state index >= 15 is 0 Å². The SMILES string of the molecule is CC(=O)NC(C)c1ccc(-c2csc(NC(=O)C(C)Sc3ccccc3Cl)n2)cc1. The predicted octanol–water partition coefficient (Wildman–Crippen LogP) is 5.78. The van der Waals surface area contributed by atoms with Gasteiger partial charge in [-0.3, -0.25) is 9.59 Å². The van der Waals surface area contributed by atoms with Gasteiger partial charge in [0, 0.05) is 22.8 Å². The van der Waals surface area contributed by atoms with Crippen LogP contribution in [0.25, 0.3) is 11.3 Å². The second-order valence-electron chi connectivity index (χ2n) is 6.76. The summed E-state index contributed by atoms with van der Waals surface area (Å²) in [5.74, 6) is -0.186. The predicted molar refractivity (Wildman–Crippen MR) is 125 cm³/mol. The highest BCUT2D eigenvalue weighted by atomic mass is 35.5. The van der Waals surface area contributed by atoms with Crippen LogP contribution in [0.5, 0.6) is 0 Å². The van der Waals surface area contributed by atoms with Crippen molar-refractivity contribution >= 4 is 51.6 Å². The number of thioether (sulfide) groups is 1. The summed E-state index contributed by atoms with van der Waals surface area (Å²) in [5.41, 5.74) is 2.76. The maximum absolute atomic E-state index is 12.5. The molecule has 156 valence electrons. The molecule has 2 amide bonds. The molecule has 0 saturated carbocycles. The molecule has 2 unspecified atom stereocenters. The lowest BCUT2D eigenvalue weighted by molar-refractivity contribution is -0.119. The number of thiazole rings is 1. The number of anilines is 1. The van der Waals surface area contributed by atoms with Crippen molar-refractivity contribution in [3.05, 3.63) is 64.5 Å². The topological polar surface area (TPSA) is 71.1 Å². The fourth-order valence-electron chi connectivity index (χ4n) is 2.79. The van der Waals surface area contributed by atoms with Crippen molar-refractivity contribution in [3.63, 3.8) is 0 Å². The van der Waals surface area contributed by atoms with Gasteiger partial charge in [-0.25, -0.2) is 4.98 Å². The van der Waals surface area contributed by atoms with Gasteiger partial charge in [-0.2, -0.15) is 0 Å². The Balaban J connectivity index is 1.62. The van der Waals surface area contributed by atoms with Gasteiger partial charge >= 0.3 is 0 Å². The number of carbonyl (C=O) groups excluding carboxylic acids is 2. The van der Waals surface area contributed by atoms with E-state index in [-0.39, 0.29) is 23.1 Å². The molecule has 1 aromatic heterocycles. The summed E-state index contributed by atoms with van der Waals surface area (Å²) in [6.45, 7) is 5.28. The molecule has 0 radical (unpaired) electrons. The van der Waals surface area contributed by atoms with Gasteiger partial charge in [0.15, 0.2) is 5.13 Å². The fourth-order valence-corrected chi connectivity index (χ4v) is 4.66. The van der Waals surface area contributed by atoms with Gasteiger partial charge in [-0.1, -0.05) is 48.0 Å². The van der Waals surface area contributed by atoms with Crippen LogP contribution in [-0.4, -0.2) is 22.0 Å². The number of amides is 2. The maximum Gasteiger partial charge on any atom is 0.239 e. The summed E-state index contributed by atoms with van der Waals surface area (Å²) in [5, 5.41) is 8.53. The van der Waals surface area contributed by atoms with Crippen LogP contribution in [0.4, 0.5) is 5.13 Å². The third kappa shape index (κ3) is 5.84. The molecule has 0 saturated heterocycles. The number of hydrogen-bond donors (Lipinski definition) is 2. The van der Waals surface area contributed by atoms with Crippen molar-refractivity contribution in [2.24, 2.45) is 0 Å². The van der Waals surface area contributed by atoms with Crippen LogP contribution in [0.1, 0.15) is 32.4 Å². The summed E-state index contributed by atoms with van der Waals surface area (Å²) in [6.07, 6.45) is 0. The number of nitrogens with one attached hydrogen (secondary N) is 2. The van der Waals surface area contributed by atoms with Crippen LogP contribution in [0, 0.1) is 0 Å². The summed E-state index contributed by atoms with van der Waals surface area (Å²) < 4.78 is 0. The zero-order chi connectivity index (χ0) is 21.7. The van der Waals surface area contributed by atoms with Crippen LogP contribution in [0.15, 0.2) is 58.8 Å². The number of hydrogen-bond acceptors (Lipinski definition) is 5. The molecule has 5 nitrogen and oxygen atoms in total. The standard InChI is InChI=1S/C22H22ClN3O2S2/c1-13(24-15(3)27)16-8-10-17(11-9-16)19-12-29-22(25-19)26-21(28)14(2)30-20-7-5-4-6-18(20)23/h4-14H,1-3H3,(H,24,27)(H,25,26,28). The molecular formula is C22H22ClN3O2S2. The molecule has 2 N–H and O–H groups in total. The van der Waals surface area contributed by atoms with E-state index in [2.05, 4.69) is 15.6 Å². The Labute approximate surface area is 189 Å². The fraction of sp³-hybridized carbons (Fsp3) is 0.227. The molecule has 0 fully saturated rings. The van der Waals surface area contributed by atoms with Crippen LogP contribution in [0.3, 0.4) is 0 Å². The minimum atomic E-state index is -0.313. The van der Waals surface area contributed by atoms with Gasteiger partial charge in [-0.15, -0.1) is 23.1 Å². The first-order valence-corrected chi connectivity index (χ1v) is 11.5. The summed E-state index contributed by atoms with van der Waals surface area (Å²) in [7, 11) is 0.